The molecule has 2 aliphatic rings. The summed E-state index contributed by atoms with van der Waals surface area (Å²) in [6.07, 6.45) is 2.74. The zero-order chi connectivity index (χ0) is 33.9. The molecule has 0 aliphatic carbocycles. The maximum absolute atomic E-state index is 10.9. The molecule has 0 fully saturated rings. The summed E-state index contributed by atoms with van der Waals surface area (Å²) in [5, 5.41) is 39.1. The molecule has 0 bridgehead atoms. The lowest BCUT2D eigenvalue weighted by atomic mass is 9.95. The minimum atomic E-state index is -1.02. The third kappa shape index (κ3) is 7.70. The van der Waals surface area contributed by atoms with Crippen LogP contribution in [0, 0.1) is 0 Å². The highest BCUT2D eigenvalue weighted by atomic mass is 35.5. The number of nitrogens with zero attached hydrogens (tertiary/aromatic N) is 4. The monoisotopic (exact) mass is 690 g/mol. The van der Waals surface area contributed by atoms with Gasteiger partial charge < -0.3 is 20.4 Å². The van der Waals surface area contributed by atoms with Crippen LogP contribution in [0.3, 0.4) is 0 Å². The number of hydrogen-bond donors (Lipinski definition) is 4. The van der Waals surface area contributed by atoms with Crippen molar-refractivity contribution in [3.8, 4) is 33.6 Å². The fourth-order valence-corrected chi connectivity index (χ4v) is 7.26. The molecule has 2 atom stereocenters. The average molecular weight is 692 g/mol. The van der Waals surface area contributed by atoms with E-state index in [-0.39, 0.29) is 12.8 Å². The number of fused-ring (bicyclic) bond motifs is 2. The van der Waals surface area contributed by atoms with Gasteiger partial charge in [0.25, 0.3) is 0 Å². The van der Waals surface area contributed by atoms with Gasteiger partial charge in [-0.1, -0.05) is 59.6 Å². The second-order valence-electron chi connectivity index (χ2n) is 12.5. The van der Waals surface area contributed by atoms with Crippen molar-refractivity contribution in [3.63, 3.8) is 0 Å². The van der Waals surface area contributed by atoms with Gasteiger partial charge >= 0.3 is 11.9 Å². The molecular weight excluding hydrogens is 655 g/mol. The number of aromatic nitrogens is 2. The molecule has 2 aromatic heterocycles. The van der Waals surface area contributed by atoms with Crippen LogP contribution in [0.2, 0.25) is 10.0 Å². The Morgan fingerprint density at radius 3 is 1.46 bits per heavy atom. The smallest absolute Gasteiger partial charge is 0.306 e. The quantitative estimate of drug-likeness (QED) is 0.166. The molecule has 0 saturated heterocycles. The summed E-state index contributed by atoms with van der Waals surface area (Å²) in [5.41, 5.74) is 8.95. The molecule has 12 heteroatoms. The molecule has 0 radical (unpaired) electrons. The molecule has 250 valence electrons. The molecule has 0 spiro atoms. The third-order valence-electron chi connectivity index (χ3n) is 8.95. The van der Waals surface area contributed by atoms with Crippen LogP contribution in [-0.4, -0.2) is 90.5 Å². The van der Waals surface area contributed by atoms with Crippen LogP contribution in [0.25, 0.3) is 33.6 Å². The summed E-state index contributed by atoms with van der Waals surface area (Å²) in [7, 11) is 0. The number of halogens is 2. The van der Waals surface area contributed by atoms with Crippen LogP contribution >= 0.6 is 23.2 Å². The average Bonchev–Trinajstić information content (AvgIpc) is 3.04. The third-order valence-corrected chi connectivity index (χ3v) is 9.76. The summed E-state index contributed by atoms with van der Waals surface area (Å²) in [6, 6.07) is 15.7. The zero-order valence-corrected chi connectivity index (χ0v) is 27.7. The first kappa shape index (κ1) is 34.0. The SMILES string of the molecule is O=C(O)CC(O)CN1CCc2cc(-c3cccc(-c4cccc(-c5cc6c(cn5)CN(CC(O)CC(=O)O)CC6)c4Cl)c3Cl)ncc2C1. The van der Waals surface area contributed by atoms with E-state index in [1.165, 1.54) is 0 Å². The number of pyridine rings is 2. The minimum absolute atomic E-state index is 0.281. The van der Waals surface area contributed by atoms with E-state index in [9.17, 15) is 19.8 Å². The topological polar surface area (TPSA) is 147 Å². The number of carboxylic acids is 2. The van der Waals surface area contributed by atoms with E-state index in [0.717, 1.165) is 68.7 Å². The molecule has 2 aliphatic heterocycles. The molecule has 4 aromatic rings. The first-order chi connectivity index (χ1) is 23.0. The van der Waals surface area contributed by atoms with E-state index in [2.05, 4.69) is 12.1 Å². The van der Waals surface area contributed by atoms with Gasteiger partial charge in [0.1, 0.15) is 0 Å². The molecular formula is C36H36Cl2N4O6. The predicted octanol–water partition coefficient (Wildman–Crippen LogP) is 5.17. The highest BCUT2D eigenvalue weighted by Crippen LogP contribution is 2.42. The van der Waals surface area contributed by atoms with Crippen LogP contribution in [0.15, 0.2) is 60.9 Å². The number of rotatable bonds is 11. The molecule has 2 aromatic carbocycles. The Morgan fingerprint density at radius 1 is 0.667 bits per heavy atom. The summed E-state index contributed by atoms with van der Waals surface area (Å²) < 4.78 is 0. The second-order valence-corrected chi connectivity index (χ2v) is 13.2. The van der Waals surface area contributed by atoms with Gasteiger partial charge in [-0.25, -0.2) is 0 Å². The Balaban J connectivity index is 1.21. The summed E-state index contributed by atoms with van der Waals surface area (Å²) in [5.74, 6) is -2.03. The first-order valence-electron chi connectivity index (χ1n) is 15.8. The highest BCUT2D eigenvalue weighted by Gasteiger charge is 2.24. The number of hydrogen-bond acceptors (Lipinski definition) is 8. The fourth-order valence-electron chi connectivity index (χ4n) is 6.61. The largest absolute Gasteiger partial charge is 0.481 e. The van der Waals surface area contributed by atoms with Crippen molar-refractivity contribution in [2.75, 3.05) is 26.2 Å². The number of aliphatic carboxylic acids is 2. The number of benzene rings is 2. The van der Waals surface area contributed by atoms with E-state index in [1.54, 1.807) is 0 Å². The van der Waals surface area contributed by atoms with Crippen LogP contribution in [0.1, 0.15) is 35.1 Å². The maximum atomic E-state index is 10.9. The lowest BCUT2D eigenvalue weighted by Crippen LogP contribution is -2.37. The van der Waals surface area contributed by atoms with Gasteiger partial charge in [0, 0.05) is 73.9 Å². The molecule has 2 unspecified atom stereocenters. The number of carboxylic acid groups (broad SMARTS) is 2. The normalized spacial score (nSPS) is 16.2. The van der Waals surface area contributed by atoms with Crippen LogP contribution < -0.4 is 0 Å². The Kier molecular flexibility index (Phi) is 10.4. The van der Waals surface area contributed by atoms with Crippen molar-refractivity contribution >= 4 is 35.1 Å². The molecule has 6 rings (SSSR count). The number of β-amino-alcohol motifs (C(OH)–C–C–N with tert-alkyl or cyclic N) is 2. The Bertz CT molecular complexity index is 1720. The van der Waals surface area contributed by atoms with Crippen molar-refractivity contribution in [2.24, 2.45) is 0 Å². The van der Waals surface area contributed by atoms with E-state index in [0.29, 0.717) is 49.3 Å². The summed E-state index contributed by atoms with van der Waals surface area (Å²) in [6.45, 7) is 3.16. The highest BCUT2D eigenvalue weighted by molar-refractivity contribution is 6.39. The lowest BCUT2D eigenvalue weighted by molar-refractivity contribution is -0.140. The van der Waals surface area contributed by atoms with Crippen molar-refractivity contribution in [1.29, 1.82) is 0 Å². The van der Waals surface area contributed by atoms with Crippen molar-refractivity contribution in [3.05, 3.63) is 93.2 Å². The predicted molar refractivity (Wildman–Crippen MR) is 183 cm³/mol. The van der Waals surface area contributed by atoms with Gasteiger partial charge in [0.15, 0.2) is 0 Å². The van der Waals surface area contributed by atoms with Gasteiger partial charge in [0.2, 0.25) is 0 Å². The molecule has 48 heavy (non-hydrogen) atoms. The second kappa shape index (κ2) is 14.7. The lowest BCUT2D eigenvalue weighted by Gasteiger charge is -2.30. The Morgan fingerprint density at radius 2 is 1.06 bits per heavy atom. The van der Waals surface area contributed by atoms with Crippen LogP contribution in [0.4, 0.5) is 0 Å². The Hall–Kier alpha value is -3.90. The van der Waals surface area contributed by atoms with Gasteiger partial charge in [-0.2, -0.15) is 0 Å². The van der Waals surface area contributed by atoms with Gasteiger partial charge in [-0.05, 0) is 47.2 Å². The van der Waals surface area contributed by atoms with Gasteiger partial charge in [-0.15, -0.1) is 0 Å². The van der Waals surface area contributed by atoms with Crippen LogP contribution in [0.5, 0.6) is 0 Å². The number of aliphatic hydroxyl groups excluding tert-OH is 2. The van der Waals surface area contributed by atoms with Crippen LogP contribution in [-0.2, 0) is 35.5 Å². The van der Waals surface area contributed by atoms with E-state index in [1.807, 2.05) is 58.6 Å². The summed E-state index contributed by atoms with van der Waals surface area (Å²) in [4.78, 5) is 35.4. The molecule has 4 heterocycles. The standard InChI is InChI=1S/C36H36Cl2N4O6/c37-35-27(3-1-5-29(35)31-11-21-7-9-41(17-23(21)15-39-31)19-25(43)13-33(45)46)28-4-2-6-30(36(28)38)32-12-22-8-10-42(18-24(22)16-40-32)20-26(44)14-34(47)48/h1-6,11-12,15-16,25-26,43-44H,7-10,13-14,17-20H2,(H,45,46)(H,47,48). The fraction of sp³-hybridized carbons (Fsp3) is 0.333. The van der Waals surface area contributed by atoms with Gasteiger partial charge in [0.05, 0.1) is 46.5 Å². The van der Waals surface area contributed by atoms with E-state index < -0.39 is 24.1 Å². The van der Waals surface area contributed by atoms with Crippen molar-refractivity contribution < 1.29 is 30.0 Å². The number of carbonyl (C=O) groups is 2. The first-order valence-corrected chi connectivity index (χ1v) is 16.6. The van der Waals surface area contributed by atoms with Crippen molar-refractivity contribution in [1.82, 2.24) is 19.8 Å². The maximum Gasteiger partial charge on any atom is 0.306 e. The minimum Gasteiger partial charge on any atom is -0.481 e. The molecule has 0 amide bonds. The molecule has 0 saturated carbocycles. The summed E-state index contributed by atoms with van der Waals surface area (Å²) >= 11 is 14.1. The van der Waals surface area contributed by atoms with E-state index in [4.69, 9.17) is 43.4 Å². The molecule has 10 nitrogen and oxygen atoms in total. The Labute approximate surface area is 288 Å². The number of aliphatic hydroxyl groups is 2. The van der Waals surface area contributed by atoms with Crippen molar-refractivity contribution in [2.45, 2.75) is 51.0 Å². The van der Waals surface area contributed by atoms with E-state index >= 15 is 0 Å². The molecule has 4 N–H and O–H groups in total. The van der Waals surface area contributed by atoms with Gasteiger partial charge in [-0.3, -0.25) is 29.4 Å². The zero-order valence-electron chi connectivity index (χ0n) is 26.1.